The SMILES string of the molecule is C1=CC=C(n2c(-c3cc(-c4nc5ccccc5n4-c4ccccc4)cc(-c4nc5ccccc5n4-c4ccccc4)c3)nc3ccccc32)CC=C1. The lowest BCUT2D eigenvalue weighted by molar-refractivity contribution is 1.08. The van der Waals surface area contributed by atoms with Crippen molar-refractivity contribution in [3.8, 4) is 45.5 Å². The van der Waals surface area contributed by atoms with Crippen molar-refractivity contribution in [2.75, 3.05) is 0 Å². The first-order chi connectivity index (χ1) is 25.8. The fourth-order valence-electron chi connectivity index (χ4n) is 7.37. The molecule has 0 bridgehead atoms. The van der Waals surface area contributed by atoms with E-state index >= 15 is 0 Å². The Kier molecular flexibility index (Phi) is 7.10. The van der Waals surface area contributed by atoms with Gasteiger partial charge in [-0.1, -0.05) is 97.1 Å². The number of para-hydroxylation sites is 8. The molecule has 0 aliphatic heterocycles. The molecule has 0 saturated carbocycles. The Morgan fingerprint density at radius 3 is 1.27 bits per heavy atom. The van der Waals surface area contributed by atoms with Gasteiger partial charge in [-0.15, -0.1) is 0 Å². The van der Waals surface area contributed by atoms with Crippen LogP contribution in [0.25, 0.3) is 84.3 Å². The maximum atomic E-state index is 5.32. The normalized spacial score (nSPS) is 12.9. The molecule has 0 radical (unpaired) electrons. The lowest BCUT2D eigenvalue weighted by atomic mass is 10.0. The average Bonchev–Trinajstić information content (AvgIpc) is 3.84. The highest BCUT2D eigenvalue weighted by atomic mass is 15.1. The predicted molar refractivity (Wildman–Crippen MR) is 212 cm³/mol. The molecular formula is C46H32N6. The second-order valence-electron chi connectivity index (χ2n) is 12.9. The van der Waals surface area contributed by atoms with Gasteiger partial charge in [0.2, 0.25) is 0 Å². The monoisotopic (exact) mass is 668 g/mol. The summed E-state index contributed by atoms with van der Waals surface area (Å²) in [6.07, 6.45) is 11.4. The molecule has 3 heterocycles. The van der Waals surface area contributed by atoms with Crippen molar-refractivity contribution in [1.29, 1.82) is 0 Å². The number of fused-ring (bicyclic) bond motifs is 3. The van der Waals surface area contributed by atoms with E-state index in [-0.39, 0.29) is 0 Å². The van der Waals surface area contributed by atoms with Gasteiger partial charge in [0.1, 0.15) is 17.5 Å². The van der Waals surface area contributed by atoms with E-state index in [4.69, 9.17) is 15.0 Å². The average molecular weight is 669 g/mol. The van der Waals surface area contributed by atoms with Crippen molar-refractivity contribution >= 4 is 38.8 Å². The van der Waals surface area contributed by atoms with E-state index in [1.807, 2.05) is 24.3 Å². The number of hydrogen-bond donors (Lipinski definition) is 0. The molecule has 0 atom stereocenters. The first kappa shape index (κ1) is 29.8. The van der Waals surface area contributed by atoms with Gasteiger partial charge < -0.3 is 0 Å². The van der Waals surface area contributed by atoms with E-state index in [0.29, 0.717) is 0 Å². The molecule has 3 aromatic heterocycles. The zero-order valence-electron chi connectivity index (χ0n) is 28.2. The molecule has 6 nitrogen and oxygen atoms in total. The summed E-state index contributed by atoms with van der Waals surface area (Å²) in [5, 5.41) is 0. The van der Waals surface area contributed by atoms with Crippen molar-refractivity contribution in [1.82, 2.24) is 28.7 Å². The minimum Gasteiger partial charge on any atom is -0.296 e. The zero-order chi connectivity index (χ0) is 34.4. The fraction of sp³-hybridized carbons (Fsp3) is 0.0217. The number of rotatable bonds is 6. The fourth-order valence-corrected chi connectivity index (χ4v) is 7.37. The second kappa shape index (κ2) is 12.4. The van der Waals surface area contributed by atoms with Gasteiger partial charge in [0, 0.05) is 40.2 Å². The molecule has 10 rings (SSSR count). The van der Waals surface area contributed by atoms with E-state index in [9.17, 15) is 0 Å². The third-order valence-electron chi connectivity index (χ3n) is 9.68. The maximum absolute atomic E-state index is 5.32. The summed E-state index contributed by atoms with van der Waals surface area (Å²) < 4.78 is 6.81. The molecule has 246 valence electrons. The molecule has 6 aromatic carbocycles. The Hall–Kier alpha value is -7.05. The number of allylic oxidation sites excluding steroid dienone is 6. The van der Waals surface area contributed by atoms with Crippen LogP contribution in [0, 0.1) is 0 Å². The summed E-state index contributed by atoms with van der Waals surface area (Å²) in [4.78, 5) is 15.9. The molecule has 6 heteroatoms. The maximum Gasteiger partial charge on any atom is 0.145 e. The van der Waals surface area contributed by atoms with Crippen LogP contribution in [-0.4, -0.2) is 28.7 Å². The predicted octanol–water partition coefficient (Wildman–Crippen LogP) is 11.1. The molecule has 1 aliphatic carbocycles. The summed E-state index contributed by atoms with van der Waals surface area (Å²) in [5.41, 5.74) is 12.1. The zero-order valence-corrected chi connectivity index (χ0v) is 28.2. The largest absolute Gasteiger partial charge is 0.296 e. The van der Waals surface area contributed by atoms with Crippen molar-refractivity contribution in [3.63, 3.8) is 0 Å². The third-order valence-corrected chi connectivity index (χ3v) is 9.68. The molecule has 9 aromatic rings. The number of benzene rings is 6. The smallest absolute Gasteiger partial charge is 0.145 e. The van der Waals surface area contributed by atoms with Gasteiger partial charge in [0.05, 0.1) is 33.1 Å². The summed E-state index contributed by atoms with van der Waals surface area (Å²) in [5.74, 6) is 2.56. The lowest BCUT2D eigenvalue weighted by Crippen LogP contribution is -2.02. The van der Waals surface area contributed by atoms with Crippen molar-refractivity contribution in [3.05, 3.63) is 182 Å². The summed E-state index contributed by atoms with van der Waals surface area (Å²) in [7, 11) is 0. The van der Waals surface area contributed by atoms with Gasteiger partial charge in [-0.2, -0.15) is 0 Å². The van der Waals surface area contributed by atoms with Crippen molar-refractivity contribution < 1.29 is 0 Å². The number of hydrogen-bond acceptors (Lipinski definition) is 3. The highest BCUT2D eigenvalue weighted by molar-refractivity contribution is 5.91. The number of imidazole rings is 3. The van der Waals surface area contributed by atoms with Crippen LogP contribution in [-0.2, 0) is 0 Å². The second-order valence-corrected chi connectivity index (χ2v) is 12.9. The van der Waals surface area contributed by atoms with Gasteiger partial charge in [-0.3, -0.25) is 13.7 Å². The Labute approximate surface area is 300 Å². The van der Waals surface area contributed by atoms with E-state index in [0.717, 1.165) is 90.8 Å². The Morgan fingerprint density at radius 1 is 0.385 bits per heavy atom. The van der Waals surface area contributed by atoms with Crippen molar-refractivity contribution in [2.45, 2.75) is 6.42 Å². The molecule has 0 saturated heterocycles. The van der Waals surface area contributed by atoms with Crippen LogP contribution in [0.15, 0.2) is 182 Å². The summed E-state index contributed by atoms with van der Waals surface area (Å²) >= 11 is 0. The Bertz CT molecular complexity index is 2730. The van der Waals surface area contributed by atoms with Crippen LogP contribution in [0.4, 0.5) is 0 Å². The molecule has 52 heavy (non-hydrogen) atoms. The topological polar surface area (TPSA) is 53.5 Å². The van der Waals surface area contributed by atoms with E-state index in [1.165, 1.54) is 0 Å². The first-order valence-corrected chi connectivity index (χ1v) is 17.5. The van der Waals surface area contributed by atoms with Crippen LogP contribution in [0.1, 0.15) is 6.42 Å². The minimum absolute atomic E-state index is 0.778. The van der Waals surface area contributed by atoms with Gasteiger partial charge >= 0.3 is 0 Å². The molecule has 1 aliphatic rings. The van der Waals surface area contributed by atoms with E-state index < -0.39 is 0 Å². The molecular weight excluding hydrogens is 637 g/mol. The minimum atomic E-state index is 0.778. The van der Waals surface area contributed by atoms with Crippen LogP contribution in [0.5, 0.6) is 0 Å². The Morgan fingerprint density at radius 2 is 0.788 bits per heavy atom. The lowest BCUT2D eigenvalue weighted by Gasteiger charge is -2.16. The van der Waals surface area contributed by atoms with E-state index in [2.05, 4.69) is 171 Å². The molecule has 0 unspecified atom stereocenters. The van der Waals surface area contributed by atoms with E-state index in [1.54, 1.807) is 0 Å². The van der Waals surface area contributed by atoms with Crippen LogP contribution >= 0.6 is 0 Å². The molecule has 0 fully saturated rings. The standard InChI is InChI=1S/C46H32N6/c1-2-6-18-35(17-5-1)50-41-26-14-11-23-38(41)47-44(50)32-29-33(45-48-39-24-12-15-27-42(39)51(45)36-19-7-3-8-20-36)31-34(30-32)46-49-40-25-13-16-28-43(40)52(46)37-21-9-4-10-22-37/h1-17,19-31H,18H2. The highest BCUT2D eigenvalue weighted by Crippen LogP contribution is 2.39. The van der Waals surface area contributed by atoms with Crippen LogP contribution in [0.2, 0.25) is 0 Å². The van der Waals surface area contributed by atoms with Gasteiger partial charge in [-0.25, -0.2) is 15.0 Å². The third kappa shape index (κ3) is 5.00. The number of nitrogens with zero attached hydrogens (tertiary/aromatic N) is 6. The van der Waals surface area contributed by atoms with Gasteiger partial charge in [0.25, 0.3) is 0 Å². The Balaban J connectivity index is 1.30. The van der Waals surface area contributed by atoms with Gasteiger partial charge in [0.15, 0.2) is 0 Å². The van der Waals surface area contributed by atoms with Crippen molar-refractivity contribution in [2.24, 2.45) is 0 Å². The highest BCUT2D eigenvalue weighted by Gasteiger charge is 2.23. The molecule has 0 N–H and O–H groups in total. The summed E-state index contributed by atoms with van der Waals surface area (Å²) in [6, 6.07) is 52.7. The number of aromatic nitrogens is 6. The summed E-state index contributed by atoms with van der Waals surface area (Å²) in [6.45, 7) is 0. The molecule has 0 amide bonds. The molecule has 0 spiro atoms. The van der Waals surface area contributed by atoms with Crippen LogP contribution in [0.3, 0.4) is 0 Å². The van der Waals surface area contributed by atoms with Gasteiger partial charge in [-0.05, 0) is 84.9 Å². The quantitative estimate of drug-likeness (QED) is 0.177. The first-order valence-electron chi connectivity index (χ1n) is 17.5. The van der Waals surface area contributed by atoms with Crippen LogP contribution < -0.4 is 0 Å².